The van der Waals surface area contributed by atoms with E-state index in [9.17, 15) is 0 Å². The lowest BCUT2D eigenvalue weighted by Crippen LogP contribution is -2.01. The number of nitrogens with two attached hydrogens (primary N) is 1. The Bertz CT molecular complexity index is 266. The molecule has 0 saturated heterocycles. The molecule has 0 amide bonds. The van der Waals surface area contributed by atoms with Crippen LogP contribution in [0, 0.1) is 6.92 Å². The van der Waals surface area contributed by atoms with Gasteiger partial charge in [-0.05, 0) is 50.8 Å². The van der Waals surface area contributed by atoms with Crippen molar-refractivity contribution in [2.45, 2.75) is 32.6 Å². The number of benzene rings is 1. The Morgan fingerprint density at radius 1 is 1.00 bits per heavy atom. The van der Waals surface area contributed by atoms with Crippen LogP contribution in [0.3, 0.4) is 0 Å². The van der Waals surface area contributed by atoms with Crippen LogP contribution in [-0.4, -0.2) is 7.05 Å². The molecule has 13 heavy (non-hydrogen) atoms. The molecule has 72 valence electrons. The predicted octanol–water partition coefficient (Wildman–Crippen LogP) is 2.45. The fraction of sp³-hybridized carbons (Fsp3) is 0.500. The summed E-state index contributed by atoms with van der Waals surface area (Å²) >= 11 is 0. The van der Waals surface area contributed by atoms with Crippen LogP contribution in [0.1, 0.15) is 29.5 Å². The number of aryl methyl sites for hydroxylation is 3. The first kappa shape index (κ1) is 10.3. The van der Waals surface area contributed by atoms with Gasteiger partial charge in [-0.3, -0.25) is 0 Å². The van der Waals surface area contributed by atoms with Crippen LogP contribution in [0.15, 0.2) is 18.2 Å². The number of hydrogen-bond donors (Lipinski definition) is 1. The lowest BCUT2D eigenvalue weighted by atomic mass is 9.91. The topological polar surface area (TPSA) is 26.0 Å². The van der Waals surface area contributed by atoms with Crippen molar-refractivity contribution in [1.82, 2.24) is 0 Å². The minimum atomic E-state index is 1.30. The molecular formula is C12H19N. The second kappa shape index (κ2) is 5.03. The molecule has 0 aromatic heterocycles. The molecule has 0 saturated carbocycles. The summed E-state index contributed by atoms with van der Waals surface area (Å²) in [6.07, 6.45) is 5.37. The molecule has 1 aliphatic carbocycles. The zero-order chi connectivity index (χ0) is 9.68. The minimum Gasteiger partial charge on any atom is -0.333 e. The van der Waals surface area contributed by atoms with Crippen molar-refractivity contribution in [3.8, 4) is 0 Å². The van der Waals surface area contributed by atoms with Crippen LogP contribution in [0.5, 0.6) is 0 Å². The highest BCUT2D eigenvalue weighted by Crippen LogP contribution is 2.21. The number of fused-ring (bicyclic) bond motifs is 1. The Kier molecular flexibility index (Phi) is 3.97. The Balaban J connectivity index is 0.000000396. The third kappa shape index (κ3) is 2.56. The van der Waals surface area contributed by atoms with Crippen LogP contribution >= 0.6 is 0 Å². The molecule has 2 N–H and O–H groups in total. The van der Waals surface area contributed by atoms with Crippen LogP contribution < -0.4 is 5.73 Å². The molecule has 1 nitrogen and oxygen atoms in total. The summed E-state index contributed by atoms with van der Waals surface area (Å²) in [7, 11) is 1.50. The minimum absolute atomic E-state index is 1.30. The molecule has 1 aromatic rings. The Morgan fingerprint density at radius 3 is 2.31 bits per heavy atom. The van der Waals surface area contributed by atoms with Crippen LogP contribution in [0.2, 0.25) is 0 Å². The molecule has 0 spiro atoms. The normalized spacial score (nSPS) is 14.1. The molecule has 0 atom stereocenters. The van der Waals surface area contributed by atoms with E-state index in [0.717, 1.165) is 0 Å². The molecule has 1 heteroatoms. The smallest absolute Gasteiger partial charge is 0.0195 e. The average Bonchev–Trinajstić information content (AvgIpc) is 2.21. The molecule has 0 fully saturated rings. The third-order valence-electron chi connectivity index (χ3n) is 2.50. The highest BCUT2D eigenvalue weighted by molar-refractivity contribution is 5.32. The summed E-state index contributed by atoms with van der Waals surface area (Å²) in [4.78, 5) is 0. The zero-order valence-electron chi connectivity index (χ0n) is 8.64. The quantitative estimate of drug-likeness (QED) is 0.647. The molecule has 0 radical (unpaired) electrons. The van der Waals surface area contributed by atoms with E-state index in [1.54, 1.807) is 11.1 Å². The van der Waals surface area contributed by atoms with Gasteiger partial charge < -0.3 is 5.73 Å². The summed E-state index contributed by atoms with van der Waals surface area (Å²) in [5, 5.41) is 0. The first-order valence-corrected chi connectivity index (χ1v) is 5.02. The van der Waals surface area contributed by atoms with Gasteiger partial charge in [-0.25, -0.2) is 0 Å². The maximum absolute atomic E-state index is 4.50. The van der Waals surface area contributed by atoms with E-state index < -0.39 is 0 Å². The van der Waals surface area contributed by atoms with Gasteiger partial charge in [0.15, 0.2) is 0 Å². The average molecular weight is 177 g/mol. The van der Waals surface area contributed by atoms with E-state index in [0.29, 0.717) is 0 Å². The second-order valence-corrected chi connectivity index (χ2v) is 3.48. The summed E-state index contributed by atoms with van der Waals surface area (Å²) in [5.41, 5.74) is 9.09. The van der Waals surface area contributed by atoms with E-state index in [1.807, 2.05) is 0 Å². The highest BCUT2D eigenvalue weighted by Gasteiger charge is 2.07. The van der Waals surface area contributed by atoms with E-state index >= 15 is 0 Å². The lowest BCUT2D eigenvalue weighted by molar-refractivity contribution is 0.685. The van der Waals surface area contributed by atoms with Gasteiger partial charge in [-0.1, -0.05) is 23.8 Å². The first-order valence-electron chi connectivity index (χ1n) is 5.02. The summed E-state index contributed by atoms with van der Waals surface area (Å²) in [6.45, 7) is 2.18. The largest absolute Gasteiger partial charge is 0.333 e. The van der Waals surface area contributed by atoms with Crippen LogP contribution in [0.4, 0.5) is 0 Å². The van der Waals surface area contributed by atoms with E-state index in [-0.39, 0.29) is 0 Å². The van der Waals surface area contributed by atoms with E-state index in [1.165, 1.54) is 38.3 Å². The lowest BCUT2D eigenvalue weighted by Gasteiger charge is -2.15. The van der Waals surface area contributed by atoms with Gasteiger partial charge in [0.05, 0.1) is 0 Å². The van der Waals surface area contributed by atoms with Gasteiger partial charge in [-0.2, -0.15) is 0 Å². The Morgan fingerprint density at radius 2 is 1.62 bits per heavy atom. The Labute approximate surface area is 81.0 Å². The van der Waals surface area contributed by atoms with Crippen LogP contribution in [0.25, 0.3) is 0 Å². The predicted molar refractivity (Wildman–Crippen MR) is 57.9 cm³/mol. The summed E-state index contributed by atoms with van der Waals surface area (Å²) < 4.78 is 0. The monoisotopic (exact) mass is 177 g/mol. The molecule has 1 aromatic carbocycles. The molecular weight excluding hydrogens is 158 g/mol. The maximum Gasteiger partial charge on any atom is -0.0195 e. The molecule has 0 aliphatic heterocycles. The number of hydrogen-bond acceptors (Lipinski definition) is 1. The standard InChI is InChI=1S/C11H14.CH5N/c1-9-6-7-10-4-2-3-5-11(10)8-9;1-2/h6-8H,2-5H2,1H3;2H2,1H3. The van der Waals surface area contributed by atoms with E-state index in [2.05, 4.69) is 30.9 Å². The summed E-state index contributed by atoms with van der Waals surface area (Å²) in [6, 6.07) is 6.86. The Hall–Kier alpha value is -0.820. The van der Waals surface area contributed by atoms with Gasteiger partial charge in [0.2, 0.25) is 0 Å². The third-order valence-corrected chi connectivity index (χ3v) is 2.50. The molecule has 0 bridgehead atoms. The van der Waals surface area contributed by atoms with Gasteiger partial charge in [0.25, 0.3) is 0 Å². The number of rotatable bonds is 0. The van der Waals surface area contributed by atoms with Crippen molar-refractivity contribution < 1.29 is 0 Å². The SMILES string of the molecule is CN.Cc1ccc2c(c1)CCCC2. The van der Waals surface area contributed by atoms with Crippen molar-refractivity contribution in [3.63, 3.8) is 0 Å². The fourth-order valence-electron chi connectivity index (χ4n) is 1.86. The second-order valence-electron chi connectivity index (χ2n) is 3.48. The van der Waals surface area contributed by atoms with Crippen molar-refractivity contribution in [2.24, 2.45) is 5.73 Å². The summed E-state index contributed by atoms with van der Waals surface area (Å²) in [5.74, 6) is 0. The molecule has 2 rings (SSSR count). The first-order chi connectivity index (χ1) is 6.36. The fourth-order valence-corrected chi connectivity index (χ4v) is 1.86. The van der Waals surface area contributed by atoms with Crippen LogP contribution in [-0.2, 0) is 12.8 Å². The maximum atomic E-state index is 4.50. The molecule has 1 aliphatic rings. The van der Waals surface area contributed by atoms with Crippen molar-refractivity contribution in [1.29, 1.82) is 0 Å². The zero-order valence-corrected chi connectivity index (χ0v) is 8.64. The highest BCUT2D eigenvalue weighted by atomic mass is 14.4. The van der Waals surface area contributed by atoms with Gasteiger partial charge in [0.1, 0.15) is 0 Å². The van der Waals surface area contributed by atoms with Gasteiger partial charge >= 0.3 is 0 Å². The van der Waals surface area contributed by atoms with Gasteiger partial charge in [-0.15, -0.1) is 0 Å². The van der Waals surface area contributed by atoms with Crippen molar-refractivity contribution in [3.05, 3.63) is 34.9 Å². The van der Waals surface area contributed by atoms with E-state index in [4.69, 9.17) is 0 Å². The van der Waals surface area contributed by atoms with Gasteiger partial charge in [0, 0.05) is 0 Å². The van der Waals surface area contributed by atoms with Crippen molar-refractivity contribution in [2.75, 3.05) is 7.05 Å². The molecule has 0 heterocycles. The molecule has 0 unspecified atom stereocenters. The van der Waals surface area contributed by atoms with Crippen molar-refractivity contribution >= 4 is 0 Å².